The molecule has 4 rings (SSSR count). The lowest BCUT2D eigenvalue weighted by atomic mass is 10.0. The number of rotatable bonds is 4. The van der Waals surface area contributed by atoms with Gasteiger partial charge in [0.1, 0.15) is 5.82 Å². The summed E-state index contributed by atoms with van der Waals surface area (Å²) in [6.45, 7) is 6.28. The van der Waals surface area contributed by atoms with E-state index in [1.807, 2.05) is 31.2 Å². The number of H-pyrrole nitrogens is 1. The molecule has 0 radical (unpaired) electrons. The van der Waals surface area contributed by atoms with Gasteiger partial charge < -0.3 is 9.40 Å². The predicted octanol–water partition coefficient (Wildman–Crippen LogP) is 5.83. The quantitative estimate of drug-likeness (QED) is 0.507. The third-order valence-corrected chi connectivity index (χ3v) is 4.40. The molecule has 3 heterocycles. The second-order valence-electron chi connectivity index (χ2n) is 6.76. The number of furan rings is 1. The van der Waals surface area contributed by atoms with Crippen LogP contribution in [0.15, 0.2) is 65.5 Å². The zero-order valence-corrected chi connectivity index (χ0v) is 15.2. The first kappa shape index (κ1) is 16.3. The van der Waals surface area contributed by atoms with E-state index in [0.29, 0.717) is 5.92 Å². The Balaban J connectivity index is 1.87. The molecule has 0 fully saturated rings. The van der Waals surface area contributed by atoms with Gasteiger partial charge in [-0.25, -0.2) is 4.98 Å². The molecular weight excluding hydrogens is 322 g/mol. The van der Waals surface area contributed by atoms with E-state index in [2.05, 4.69) is 48.1 Å². The van der Waals surface area contributed by atoms with Gasteiger partial charge in [0.2, 0.25) is 0 Å². The Hall–Kier alpha value is -3.14. The normalized spacial score (nSPS) is 11.2. The number of imidazole rings is 1. The van der Waals surface area contributed by atoms with Gasteiger partial charge in [-0.15, -0.1) is 0 Å². The van der Waals surface area contributed by atoms with Crippen molar-refractivity contribution in [3.63, 3.8) is 0 Å². The molecule has 0 unspecified atom stereocenters. The number of aryl methyl sites for hydroxylation is 1. The van der Waals surface area contributed by atoms with Crippen LogP contribution in [0.2, 0.25) is 0 Å². The highest BCUT2D eigenvalue weighted by atomic mass is 16.3. The van der Waals surface area contributed by atoms with Crippen LogP contribution < -0.4 is 0 Å². The first-order valence-electron chi connectivity index (χ1n) is 8.79. The number of hydrogen-bond acceptors (Lipinski definition) is 3. The first-order chi connectivity index (χ1) is 12.6. The molecule has 0 spiro atoms. The molecule has 0 atom stereocenters. The van der Waals surface area contributed by atoms with Crippen molar-refractivity contribution in [2.45, 2.75) is 26.7 Å². The Kier molecular flexibility index (Phi) is 4.17. The van der Waals surface area contributed by atoms with Crippen molar-refractivity contribution in [3.05, 3.63) is 72.6 Å². The second-order valence-corrected chi connectivity index (χ2v) is 6.76. The van der Waals surface area contributed by atoms with E-state index in [-0.39, 0.29) is 0 Å². The van der Waals surface area contributed by atoms with Crippen molar-refractivity contribution in [3.8, 4) is 33.8 Å². The van der Waals surface area contributed by atoms with Gasteiger partial charge in [-0.3, -0.25) is 4.98 Å². The van der Waals surface area contributed by atoms with Crippen LogP contribution in [-0.4, -0.2) is 15.0 Å². The highest BCUT2D eigenvalue weighted by Gasteiger charge is 2.17. The summed E-state index contributed by atoms with van der Waals surface area (Å²) in [7, 11) is 0. The van der Waals surface area contributed by atoms with Gasteiger partial charge in [0.25, 0.3) is 0 Å². The van der Waals surface area contributed by atoms with Gasteiger partial charge >= 0.3 is 0 Å². The Bertz CT molecular complexity index is 1030. The number of nitrogens with one attached hydrogen (secondary N) is 1. The highest BCUT2D eigenvalue weighted by molar-refractivity contribution is 5.80. The summed E-state index contributed by atoms with van der Waals surface area (Å²) >= 11 is 0. The SMILES string of the molecule is Cc1cccc(-c2[nH]c(C(C)C)nc2-c2cccc(-c3ccoc3)c2)n1. The Labute approximate surface area is 153 Å². The van der Waals surface area contributed by atoms with Crippen LogP contribution in [0.1, 0.15) is 31.3 Å². The molecule has 130 valence electrons. The number of aromatic nitrogens is 3. The van der Waals surface area contributed by atoms with Gasteiger partial charge in [-0.05, 0) is 36.8 Å². The predicted molar refractivity (Wildman–Crippen MR) is 104 cm³/mol. The Morgan fingerprint density at radius 1 is 0.923 bits per heavy atom. The highest BCUT2D eigenvalue weighted by Crippen LogP contribution is 2.33. The molecule has 0 aliphatic carbocycles. The minimum Gasteiger partial charge on any atom is -0.472 e. The van der Waals surface area contributed by atoms with Gasteiger partial charge in [0, 0.05) is 22.7 Å². The van der Waals surface area contributed by atoms with E-state index in [9.17, 15) is 0 Å². The van der Waals surface area contributed by atoms with Crippen LogP contribution in [0.25, 0.3) is 33.8 Å². The zero-order chi connectivity index (χ0) is 18.1. The average Bonchev–Trinajstić information content (AvgIpc) is 3.32. The maximum atomic E-state index is 5.22. The minimum absolute atomic E-state index is 0.310. The molecule has 0 amide bonds. The van der Waals surface area contributed by atoms with E-state index in [1.165, 1.54) is 0 Å². The molecule has 0 saturated carbocycles. The van der Waals surface area contributed by atoms with Crippen molar-refractivity contribution in [1.29, 1.82) is 0 Å². The Morgan fingerprint density at radius 2 is 1.73 bits per heavy atom. The van der Waals surface area contributed by atoms with Crippen LogP contribution in [0.4, 0.5) is 0 Å². The molecule has 4 heteroatoms. The van der Waals surface area contributed by atoms with Crippen LogP contribution in [0, 0.1) is 6.92 Å². The topological polar surface area (TPSA) is 54.7 Å². The first-order valence-corrected chi connectivity index (χ1v) is 8.79. The van der Waals surface area contributed by atoms with E-state index in [4.69, 9.17) is 9.40 Å². The van der Waals surface area contributed by atoms with Gasteiger partial charge in [-0.1, -0.05) is 38.1 Å². The third-order valence-electron chi connectivity index (χ3n) is 4.40. The van der Waals surface area contributed by atoms with Crippen LogP contribution >= 0.6 is 0 Å². The molecule has 0 bridgehead atoms. The minimum atomic E-state index is 0.310. The summed E-state index contributed by atoms with van der Waals surface area (Å²) < 4.78 is 5.22. The second kappa shape index (κ2) is 6.64. The van der Waals surface area contributed by atoms with Crippen LogP contribution in [-0.2, 0) is 0 Å². The summed E-state index contributed by atoms with van der Waals surface area (Å²) in [5.74, 6) is 1.27. The van der Waals surface area contributed by atoms with Gasteiger partial charge in [-0.2, -0.15) is 0 Å². The largest absolute Gasteiger partial charge is 0.472 e. The standard InChI is InChI=1S/C22H21N3O/c1-14(2)22-24-20(21(25-22)19-9-4-6-15(3)23-19)17-8-5-7-16(12-17)18-10-11-26-13-18/h4-14H,1-3H3,(H,24,25). The lowest BCUT2D eigenvalue weighted by Gasteiger charge is -2.05. The zero-order valence-electron chi connectivity index (χ0n) is 15.2. The van der Waals surface area contributed by atoms with Crippen LogP contribution in [0.3, 0.4) is 0 Å². The summed E-state index contributed by atoms with van der Waals surface area (Å²) in [6, 6.07) is 16.4. The molecular formula is C22H21N3O. The van der Waals surface area contributed by atoms with E-state index in [0.717, 1.165) is 45.3 Å². The molecule has 3 aromatic heterocycles. The van der Waals surface area contributed by atoms with E-state index < -0.39 is 0 Å². The molecule has 4 aromatic rings. The van der Waals surface area contributed by atoms with E-state index in [1.54, 1.807) is 12.5 Å². The Morgan fingerprint density at radius 3 is 2.46 bits per heavy atom. The third kappa shape index (κ3) is 3.06. The summed E-state index contributed by atoms with van der Waals surface area (Å²) in [5, 5.41) is 0. The number of nitrogens with zero attached hydrogens (tertiary/aromatic N) is 2. The lowest BCUT2D eigenvalue weighted by molar-refractivity contribution is 0.568. The monoisotopic (exact) mass is 343 g/mol. The average molecular weight is 343 g/mol. The molecule has 4 nitrogen and oxygen atoms in total. The smallest absolute Gasteiger partial charge is 0.109 e. The summed E-state index contributed by atoms with van der Waals surface area (Å²) in [5.41, 5.74) is 7.01. The number of pyridine rings is 1. The van der Waals surface area contributed by atoms with Crippen molar-refractivity contribution >= 4 is 0 Å². The van der Waals surface area contributed by atoms with Crippen molar-refractivity contribution in [2.75, 3.05) is 0 Å². The molecule has 1 N–H and O–H groups in total. The molecule has 0 saturated heterocycles. The molecule has 26 heavy (non-hydrogen) atoms. The lowest BCUT2D eigenvalue weighted by Crippen LogP contribution is -1.90. The fourth-order valence-corrected chi connectivity index (χ4v) is 3.02. The number of aromatic amines is 1. The number of hydrogen-bond donors (Lipinski definition) is 1. The number of benzene rings is 1. The fourth-order valence-electron chi connectivity index (χ4n) is 3.02. The molecule has 0 aliphatic heterocycles. The van der Waals surface area contributed by atoms with Gasteiger partial charge in [0.15, 0.2) is 0 Å². The summed E-state index contributed by atoms with van der Waals surface area (Å²) in [6.07, 6.45) is 3.45. The molecule has 0 aliphatic rings. The maximum Gasteiger partial charge on any atom is 0.109 e. The van der Waals surface area contributed by atoms with Crippen molar-refractivity contribution in [1.82, 2.24) is 15.0 Å². The molecule has 1 aromatic carbocycles. The maximum absolute atomic E-state index is 5.22. The van der Waals surface area contributed by atoms with Crippen LogP contribution in [0.5, 0.6) is 0 Å². The summed E-state index contributed by atoms with van der Waals surface area (Å²) in [4.78, 5) is 13.1. The van der Waals surface area contributed by atoms with Crippen molar-refractivity contribution < 1.29 is 4.42 Å². The van der Waals surface area contributed by atoms with Crippen molar-refractivity contribution in [2.24, 2.45) is 0 Å². The van der Waals surface area contributed by atoms with E-state index >= 15 is 0 Å². The fraction of sp³-hybridized carbons (Fsp3) is 0.182. The van der Waals surface area contributed by atoms with Gasteiger partial charge in [0.05, 0.1) is 29.6 Å².